The van der Waals surface area contributed by atoms with E-state index in [2.05, 4.69) is 50.5 Å². The van der Waals surface area contributed by atoms with Crippen molar-refractivity contribution in [1.29, 1.82) is 0 Å². The van der Waals surface area contributed by atoms with Gasteiger partial charge in [0.25, 0.3) is 0 Å². The average molecular weight is 263 g/mol. The van der Waals surface area contributed by atoms with Crippen LogP contribution in [0.4, 0.5) is 0 Å². The summed E-state index contributed by atoms with van der Waals surface area (Å²) < 4.78 is 5.91. The van der Waals surface area contributed by atoms with Gasteiger partial charge in [-0.25, -0.2) is 0 Å². The zero-order chi connectivity index (χ0) is 11.0. The smallest absolute Gasteiger partial charge is 0.0647 e. The lowest BCUT2D eigenvalue weighted by molar-refractivity contribution is -0.0901. The maximum absolute atomic E-state index is 5.91. The van der Waals surface area contributed by atoms with Gasteiger partial charge in [-0.15, -0.1) is 0 Å². The van der Waals surface area contributed by atoms with Gasteiger partial charge >= 0.3 is 0 Å². The molecule has 14 heavy (non-hydrogen) atoms. The predicted octanol–water partition coefficient (Wildman–Crippen LogP) is 4.00. The molecule has 2 atom stereocenters. The highest BCUT2D eigenvalue weighted by atomic mass is 79.9. The molecule has 0 N–H and O–H groups in total. The molecule has 0 bridgehead atoms. The fourth-order valence-corrected chi connectivity index (χ4v) is 2.26. The molecule has 0 aliphatic heterocycles. The molecule has 2 heteroatoms. The van der Waals surface area contributed by atoms with Crippen molar-refractivity contribution in [3.05, 3.63) is 0 Å². The van der Waals surface area contributed by atoms with Crippen molar-refractivity contribution in [2.24, 2.45) is 10.8 Å². The van der Waals surface area contributed by atoms with Gasteiger partial charge in [-0.2, -0.15) is 0 Å². The molecule has 0 amide bonds. The van der Waals surface area contributed by atoms with Crippen LogP contribution in [0.2, 0.25) is 0 Å². The lowest BCUT2D eigenvalue weighted by Crippen LogP contribution is -2.51. The van der Waals surface area contributed by atoms with E-state index in [1.807, 2.05) is 0 Å². The third-order valence-electron chi connectivity index (χ3n) is 3.23. The Morgan fingerprint density at radius 3 is 2.29 bits per heavy atom. The summed E-state index contributed by atoms with van der Waals surface area (Å²) in [6.45, 7) is 12.2. The van der Waals surface area contributed by atoms with Gasteiger partial charge in [0.15, 0.2) is 0 Å². The molecule has 0 heterocycles. The summed E-state index contributed by atoms with van der Waals surface area (Å²) in [6, 6.07) is 0. The third kappa shape index (κ3) is 2.96. The van der Waals surface area contributed by atoms with E-state index in [1.165, 1.54) is 0 Å². The summed E-state index contributed by atoms with van der Waals surface area (Å²) in [5.41, 5.74) is 0.708. The molecule has 1 fully saturated rings. The molecule has 0 spiro atoms. The van der Waals surface area contributed by atoms with Crippen LogP contribution in [0.1, 0.15) is 47.5 Å². The predicted molar refractivity (Wildman–Crippen MR) is 64.9 cm³/mol. The molecule has 1 rings (SSSR count). The third-order valence-corrected chi connectivity index (χ3v) is 4.78. The molecule has 0 aromatic rings. The first kappa shape index (κ1) is 12.5. The Morgan fingerprint density at radius 2 is 1.93 bits per heavy atom. The Balaban J connectivity index is 2.22. The standard InChI is InChI=1S/C12H23BrO/c1-11(2,3)6-7-14-10-8-9(13)12(10,4)5/h9-10H,6-8H2,1-5H3. The maximum Gasteiger partial charge on any atom is 0.0647 e. The Labute approximate surface area is 96.7 Å². The first-order chi connectivity index (χ1) is 6.23. The van der Waals surface area contributed by atoms with Crippen molar-refractivity contribution in [3.63, 3.8) is 0 Å². The summed E-state index contributed by atoms with van der Waals surface area (Å²) in [5.74, 6) is 0. The minimum atomic E-state index is 0.317. The van der Waals surface area contributed by atoms with Crippen LogP contribution in [0, 0.1) is 10.8 Å². The number of ether oxygens (including phenoxy) is 1. The number of halogens is 1. The lowest BCUT2D eigenvalue weighted by atomic mass is 9.69. The van der Waals surface area contributed by atoms with Gasteiger partial charge in [0.05, 0.1) is 6.10 Å². The fraction of sp³-hybridized carbons (Fsp3) is 1.00. The zero-order valence-electron chi connectivity index (χ0n) is 10.1. The normalized spacial score (nSPS) is 31.3. The highest BCUT2D eigenvalue weighted by Gasteiger charge is 2.47. The summed E-state index contributed by atoms with van der Waals surface area (Å²) in [7, 11) is 0. The molecule has 0 aromatic heterocycles. The van der Waals surface area contributed by atoms with E-state index in [9.17, 15) is 0 Å². The second kappa shape index (κ2) is 4.13. The molecule has 1 aliphatic carbocycles. The second-order valence-corrected chi connectivity index (χ2v) is 7.30. The van der Waals surface area contributed by atoms with Crippen LogP contribution in [0.15, 0.2) is 0 Å². The molecular formula is C12H23BrO. The Bertz CT molecular complexity index is 193. The molecular weight excluding hydrogens is 240 g/mol. The van der Waals surface area contributed by atoms with Gasteiger partial charge in [0.1, 0.15) is 0 Å². The van der Waals surface area contributed by atoms with Crippen molar-refractivity contribution in [1.82, 2.24) is 0 Å². The molecule has 1 aliphatic rings. The van der Waals surface area contributed by atoms with Crippen LogP contribution in [-0.2, 0) is 4.74 Å². The van der Waals surface area contributed by atoms with Gasteiger partial charge in [-0.05, 0) is 18.3 Å². The van der Waals surface area contributed by atoms with Crippen molar-refractivity contribution in [3.8, 4) is 0 Å². The monoisotopic (exact) mass is 262 g/mol. The van der Waals surface area contributed by atoms with Crippen molar-refractivity contribution >= 4 is 15.9 Å². The Hall–Kier alpha value is 0.440. The minimum absolute atomic E-state index is 0.317. The number of alkyl halides is 1. The first-order valence-corrected chi connectivity index (χ1v) is 6.41. The Morgan fingerprint density at radius 1 is 1.36 bits per heavy atom. The van der Waals surface area contributed by atoms with E-state index in [1.54, 1.807) is 0 Å². The van der Waals surface area contributed by atoms with Crippen molar-refractivity contribution < 1.29 is 4.74 Å². The van der Waals surface area contributed by atoms with E-state index < -0.39 is 0 Å². The highest BCUT2D eigenvalue weighted by molar-refractivity contribution is 9.09. The SMILES string of the molecule is CC(C)(C)CCOC1CC(Br)C1(C)C. The number of hydrogen-bond donors (Lipinski definition) is 0. The molecule has 84 valence electrons. The van der Waals surface area contributed by atoms with E-state index in [4.69, 9.17) is 4.74 Å². The fourth-order valence-electron chi connectivity index (χ4n) is 1.63. The van der Waals surface area contributed by atoms with Gasteiger partial charge in [-0.3, -0.25) is 0 Å². The molecule has 1 saturated carbocycles. The van der Waals surface area contributed by atoms with Crippen molar-refractivity contribution in [2.75, 3.05) is 6.61 Å². The largest absolute Gasteiger partial charge is 0.378 e. The molecule has 0 saturated heterocycles. The van der Waals surface area contributed by atoms with E-state index in [-0.39, 0.29) is 0 Å². The summed E-state index contributed by atoms with van der Waals surface area (Å²) in [4.78, 5) is 0.634. The van der Waals surface area contributed by atoms with Gasteiger partial charge in [0.2, 0.25) is 0 Å². The van der Waals surface area contributed by atoms with Gasteiger partial charge in [-0.1, -0.05) is 50.5 Å². The van der Waals surface area contributed by atoms with Gasteiger partial charge < -0.3 is 4.74 Å². The first-order valence-electron chi connectivity index (χ1n) is 5.49. The van der Waals surface area contributed by atoms with E-state index in [0.717, 1.165) is 19.4 Å². The van der Waals surface area contributed by atoms with Gasteiger partial charge in [0, 0.05) is 16.8 Å². The van der Waals surface area contributed by atoms with E-state index in [0.29, 0.717) is 21.8 Å². The second-order valence-electron chi connectivity index (χ2n) is 6.19. The minimum Gasteiger partial charge on any atom is -0.378 e. The van der Waals surface area contributed by atoms with Crippen LogP contribution >= 0.6 is 15.9 Å². The lowest BCUT2D eigenvalue weighted by Gasteiger charge is -2.49. The highest BCUT2D eigenvalue weighted by Crippen LogP contribution is 2.47. The molecule has 1 nitrogen and oxygen atoms in total. The summed E-state index contributed by atoms with van der Waals surface area (Å²) in [6.07, 6.45) is 2.76. The van der Waals surface area contributed by atoms with Crippen LogP contribution in [0.25, 0.3) is 0 Å². The van der Waals surface area contributed by atoms with Crippen LogP contribution < -0.4 is 0 Å². The number of hydrogen-bond acceptors (Lipinski definition) is 1. The summed E-state index contributed by atoms with van der Waals surface area (Å²) >= 11 is 3.67. The van der Waals surface area contributed by atoms with Crippen LogP contribution in [0.5, 0.6) is 0 Å². The summed E-state index contributed by atoms with van der Waals surface area (Å²) in [5, 5.41) is 0. The van der Waals surface area contributed by atoms with Crippen molar-refractivity contribution in [2.45, 2.75) is 58.4 Å². The molecule has 0 aromatic carbocycles. The Kier molecular flexibility index (Phi) is 3.69. The quantitative estimate of drug-likeness (QED) is 0.699. The average Bonchev–Trinajstić information content (AvgIpc) is 2.01. The zero-order valence-corrected chi connectivity index (χ0v) is 11.6. The topological polar surface area (TPSA) is 9.23 Å². The molecule has 2 unspecified atom stereocenters. The van der Waals surface area contributed by atoms with E-state index >= 15 is 0 Å². The molecule has 0 radical (unpaired) electrons. The van der Waals surface area contributed by atoms with Crippen LogP contribution in [-0.4, -0.2) is 17.5 Å². The maximum atomic E-state index is 5.91. The van der Waals surface area contributed by atoms with Crippen LogP contribution in [0.3, 0.4) is 0 Å². The number of rotatable bonds is 3.